The van der Waals surface area contributed by atoms with Crippen molar-refractivity contribution < 1.29 is 13.6 Å². The second-order valence-electron chi connectivity index (χ2n) is 5.50. The van der Waals surface area contributed by atoms with Gasteiger partial charge in [0.05, 0.1) is 6.54 Å². The van der Waals surface area contributed by atoms with Gasteiger partial charge in [0, 0.05) is 13.0 Å². The Morgan fingerprint density at radius 2 is 1.95 bits per heavy atom. The Morgan fingerprint density at radius 1 is 1.35 bits per heavy atom. The maximum atomic E-state index is 12.5. The van der Waals surface area contributed by atoms with Gasteiger partial charge in [-0.05, 0) is 44.2 Å². The molecule has 1 unspecified atom stereocenters. The standard InChI is InChI=1S/C14H26F2N2O.ClH/c1-3-8-18(10-13(15)16)14(19)9-11(2)12-4-6-17-7-5-12;/h11-13,17H,3-10H2,1-2H3;1H. The molecule has 0 aromatic rings. The Bertz CT molecular complexity index is 274. The topological polar surface area (TPSA) is 32.3 Å². The lowest BCUT2D eigenvalue weighted by molar-refractivity contribution is -0.134. The summed E-state index contributed by atoms with van der Waals surface area (Å²) in [4.78, 5) is 13.4. The largest absolute Gasteiger partial charge is 0.337 e. The van der Waals surface area contributed by atoms with Crippen molar-refractivity contribution in [3.8, 4) is 0 Å². The molecular formula is C14H27ClF2N2O. The van der Waals surface area contributed by atoms with Gasteiger partial charge in [-0.25, -0.2) is 8.78 Å². The van der Waals surface area contributed by atoms with Gasteiger partial charge in [0.15, 0.2) is 0 Å². The van der Waals surface area contributed by atoms with Crippen LogP contribution in [0.5, 0.6) is 0 Å². The number of amides is 1. The van der Waals surface area contributed by atoms with E-state index < -0.39 is 13.0 Å². The highest BCUT2D eigenvalue weighted by Crippen LogP contribution is 2.25. The normalized spacial score (nSPS) is 17.6. The lowest BCUT2D eigenvalue weighted by Gasteiger charge is -2.30. The molecule has 0 spiro atoms. The second kappa shape index (κ2) is 10.3. The van der Waals surface area contributed by atoms with Crippen LogP contribution in [0.4, 0.5) is 8.78 Å². The highest BCUT2D eigenvalue weighted by molar-refractivity contribution is 5.85. The molecule has 20 heavy (non-hydrogen) atoms. The van der Waals surface area contributed by atoms with E-state index in [-0.39, 0.29) is 24.2 Å². The van der Waals surface area contributed by atoms with Gasteiger partial charge in [-0.15, -0.1) is 12.4 Å². The molecule has 1 N–H and O–H groups in total. The zero-order valence-corrected chi connectivity index (χ0v) is 13.2. The van der Waals surface area contributed by atoms with Crippen LogP contribution in [0, 0.1) is 11.8 Å². The summed E-state index contributed by atoms with van der Waals surface area (Å²) in [5.41, 5.74) is 0. The molecule has 120 valence electrons. The first-order valence-electron chi connectivity index (χ1n) is 7.31. The number of alkyl halides is 2. The predicted octanol–water partition coefficient (Wildman–Crippen LogP) is 2.94. The van der Waals surface area contributed by atoms with Crippen molar-refractivity contribution >= 4 is 18.3 Å². The Labute approximate surface area is 126 Å². The lowest BCUT2D eigenvalue weighted by atomic mass is 9.84. The van der Waals surface area contributed by atoms with Crippen LogP contribution in [0.2, 0.25) is 0 Å². The fourth-order valence-electron chi connectivity index (χ4n) is 2.74. The molecule has 0 saturated carbocycles. The zero-order chi connectivity index (χ0) is 14.3. The van der Waals surface area contributed by atoms with Gasteiger partial charge in [-0.1, -0.05) is 13.8 Å². The molecule has 6 heteroatoms. The number of piperidine rings is 1. The molecule has 3 nitrogen and oxygen atoms in total. The van der Waals surface area contributed by atoms with Crippen molar-refractivity contribution in [3.63, 3.8) is 0 Å². The van der Waals surface area contributed by atoms with Crippen molar-refractivity contribution in [1.82, 2.24) is 10.2 Å². The smallest absolute Gasteiger partial charge is 0.255 e. The minimum absolute atomic E-state index is 0. The summed E-state index contributed by atoms with van der Waals surface area (Å²) in [7, 11) is 0. The van der Waals surface area contributed by atoms with Gasteiger partial charge in [-0.2, -0.15) is 0 Å². The number of rotatable bonds is 7. The Balaban J connectivity index is 0.00000361. The average Bonchev–Trinajstić information content (AvgIpc) is 2.38. The summed E-state index contributed by atoms with van der Waals surface area (Å²) in [6.45, 7) is 5.98. The summed E-state index contributed by atoms with van der Waals surface area (Å²) < 4.78 is 24.9. The van der Waals surface area contributed by atoms with Crippen molar-refractivity contribution in [3.05, 3.63) is 0 Å². The molecule has 1 fully saturated rings. The van der Waals surface area contributed by atoms with Gasteiger partial charge in [0.1, 0.15) is 0 Å². The number of nitrogens with one attached hydrogen (secondary N) is 1. The van der Waals surface area contributed by atoms with Crippen LogP contribution < -0.4 is 5.32 Å². The maximum absolute atomic E-state index is 12.5. The lowest BCUT2D eigenvalue weighted by Crippen LogP contribution is -2.38. The third kappa shape index (κ3) is 6.84. The number of nitrogens with zero attached hydrogens (tertiary/aromatic N) is 1. The van der Waals surface area contributed by atoms with Gasteiger partial charge in [0.2, 0.25) is 5.91 Å². The number of halogens is 3. The predicted molar refractivity (Wildman–Crippen MR) is 79.5 cm³/mol. The molecule has 1 rings (SSSR count). The van der Waals surface area contributed by atoms with Crippen molar-refractivity contribution in [2.45, 2.75) is 46.0 Å². The molecule has 1 atom stereocenters. The fraction of sp³-hybridized carbons (Fsp3) is 0.929. The van der Waals surface area contributed by atoms with Crippen LogP contribution in [0.25, 0.3) is 0 Å². The first kappa shape index (κ1) is 19.6. The maximum Gasteiger partial charge on any atom is 0.255 e. The molecule has 1 aliphatic heterocycles. The number of carbonyl (C=O) groups is 1. The summed E-state index contributed by atoms with van der Waals surface area (Å²) in [5.74, 6) is 0.708. The summed E-state index contributed by atoms with van der Waals surface area (Å²) in [6.07, 6.45) is 0.843. The van der Waals surface area contributed by atoms with E-state index in [1.807, 2.05) is 6.92 Å². The molecule has 1 heterocycles. The quantitative estimate of drug-likeness (QED) is 0.784. The summed E-state index contributed by atoms with van der Waals surface area (Å²) >= 11 is 0. The van der Waals surface area contributed by atoms with E-state index in [0.29, 0.717) is 18.9 Å². The molecule has 0 aromatic heterocycles. The van der Waals surface area contributed by atoms with E-state index in [9.17, 15) is 13.6 Å². The van der Waals surface area contributed by atoms with Crippen molar-refractivity contribution in [2.24, 2.45) is 11.8 Å². The van der Waals surface area contributed by atoms with Gasteiger partial charge in [-0.3, -0.25) is 4.79 Å². The van der Waals surface area contributed by atoms with E-state index in [2.05, 4.69) is 12.2 Å². The van der Waals surface area contributed by atoms with E-state index in [1.165, 1.54) is 4.90 Å². The number of hydrogen-bond donors (Lipinski definition) is 1. The molecular weight excluding hydrogens is 286 g/mol. The fourth-order valence-corrected chi connectivity index (χ4v) is 2.74. The molecule has 0 bridgehead atoms. The van der Waals surface area contributed by atoms with E-state index in [4.69, 9.17) is 0 Å². The average molecular weight is 313 g/mol. The van der Waals surface area contributed by atoms with Gasteiger partial charge < -0.3 is 10.2 Å². The Kier molecular flexibility index (Phi) is 10.1. The zero-order valence-electron chi connectivity index (χ0n) is 12.4. The van der Waals surface area contributed by atoms with Crippen LogP contribution in [-0.4, -0.2) is 43.4 Å². The number of hydrogen-bond acceptors (Lipinski definition) is 2. The second-order valence-corrected chi connectivity index (χ2v) is 5.50. The van der Waals surface area contributed by atoms with Crippen molar-refractivity contribution in [1.29, 1.82) is 0 Å². The van der Waals surface area contributed by atoms with Gasteiger partial charge >= 0.3 is 0 Å². The van der Waals surface area contributed by atoms with Crippen molar-refractivity contribution in [2.75, 3.05) is 26.2 Å². The minimum atomic E-state index is -2.44. The molecule has 0 aliphatic carbocycles. The van der Waals surface area contributed by atoms with Crippen LogP contribution in [-0.2, 0) is 4.79 Å². The highest BCUT2D eigenvalue weighted by Gasteiger charge is 2.25. The summed E-state index contributed by atoms with van der Waals surface area (Å²) in [6, 6.07) is 0. The van der Waals surface area contributed by atoms with Crippen LogP contribution >= 0.6 is 12.4 Å². The Morgan fingerprint density at radius 3 is 2.45 bits per heavy atom. The first-order valence-corrected chi connectivity index (χ1v) is 7.31. The minimum Gasteiger partial charge on any atom is -0.337 e. The molecule has 1 amide bonds. The van der Waals surface area contributed by atoms with Crippen LogP contribution in [0.15, 0.2) is 0 Å². The molecule has 0 aromatic carbocycles. The van der Waals surface area contributed by atoms with E-state index in [1.54, 1.807) is 0 Å². The van der Waals surface area contributed by atoms with E-state index >= 15 is 0 Å². The third-order valence-electron chi connectivity index (χ3n) is 3.89. The molecule has 0 radical (unpaired) electrons. The third-order valence-corrected chi connectivity index (χ3v) is 3.89. The summed E-state index contributed by atoms with van der Waals surface area (Å²) in [5, 5.41) is 3.30. The van der Waals surface area contributed by atoms with E-state index in [0.717, 1.165) is 32.4 Å². The highest BCUT2D eigenvalue weighted by atomic mass is 35.5. The SMILES string of the molecule is CCCN(CC(F)F)C(=O)CC(C)C1CCNCC1.Cl. The first-order chi connectivity index (χ1) is 9.04. The molecule has 1 aliphatic rings. The Hall–Kier alpha value is -0.420. The van der Waals surface area contributed by atoms with Gasteiger partial charge in [0.25, 0.3) is 6.43 Å². The van der Waals surface area contributed by atoms with Crippen LogP contribution in [0.1, 0.15) is 39.5 Å². The number of carbonyl (C=O) groups excluding carboxylic acids is 1. The molecule has 1 saturated heterocycles. The monoisotopic (exact) mass is 312 g/mol. The van der Waals surface area contributed by atoms with Crippen LogP contribution in [0.3, 0.4) is 0 Å².